The zero-order valence-electron chi connectivity index (χ0n) is 10.8. The Kier molecular flexibility index (Phi) is 6.25. The summed E-state index contributed by atoms with van der Waals surface area (Å²) in [6, 6.07) is -0.356. The first-order valence-corrected chi connectivity index (χ1v) is 6.97. The molecule has 1 fully saturated rings. The van der Waals surface area contributed by atoms with Crippen LogP contribution >= 0.6 is 11.6 Å². The van der Waals surface area contributed by atoms with Crippen molar-refractivity contribution >= 4 is 23.6 Å². The molecule has 0 radical (unpaired) electrons. The van der Waals surface area contributed by atoms with Gasteiger partial charge in [0.2, 0.25) is 0 Å². The molecule has 0 aromatic heterocycles. The molecule has 2 amide bonds. The molecule has 0 saturated heterocycles. The molecule has 1 aliphatic carbocycles. The van der Waals surface area contributed by atoms with Gasteiger partial charge < -0.3 is 15.4 Å². The Hall–Kier alpha value is -0.970. The molecular weight excluding hydrogens is 256 g/mol. The van der Waals surface area contributed by atoms with E-state index in [2.05, 4.69) is 10.6 Å². The molecule has 1 rings (SSSR count). The maximum atomic E-state index is 12.0. The maximum Gasteiger partial charge on any atom is 0.331 e. The summed E-state index contributed by atoms with van der Waals surface area (Å²) < 4.78 is 5.08. The highest BCUT2D eigenvalue weighted by Crippen LogP contribution is 2.29. The van der Waals surface area contributed by atoms with Crippen LogP contribution < -0.4 is 10.6 Å². The third-order valence-corrected chi connectivity index (χ3v) is 3.30. The van der Waals surface area contributed by atoms with E-state index in [0.29, 0.717) is 31.9 Å². The van der Waals surface area contributed by atoms with E-state index in [1.54, 1.807) is 6.92 Å². The first kappa shape index (κ1) is 15.1. The Balaban J connectivity index is 2.65. The number of carbonyl (C=O) groups excluding carboxylic acids is 2. The lowest BCUT2D eigenvalue weighted by Crippen LogP contribution is -2.58. The van der Waals surface area contributed by atoms with E-state index in [1.807, 2.05) is 0 Å². The fraction of sp³-hybridized carbons (Fsp3) is 0.833. The van der Waals surface area contributed by atoms with Crippen molar-refractivity contribution in [3.63, 3.8) is 0 Å². The highest BCUT2D eigenvalue weighted by atomic mass is 35.5. The van der Waals surface area contributed by atoms with Crippen LogP contribution in [0.4, 0.5) is 4.79 Å². The van der Waals surface area contributed by atoms with Crippen LogP contribution in [0.1, 0.15) is 39.0 Å². The van der Waals surface area contributed by atoms with Crippen molar-refractivity contribution < 1.29 is 14.3 Å². The van der Waals surface area contributed by atoms with Crippen molar-refractivity contribution in [3.8, 4) is 0 Å². The van der Waals surface area contributed by atoms with Crippen molar-refractivity contribution in [2.75, 3.05) is 19.0 Å². The van der Waals surface area contributed by atoms with Crippen LogP contribution in [0.3, 0.4) is 0 Å². The fourth-order valence-corrected chi connectivity index (χ4v) is 2.32. The first-order valence-electron chi connectivity index (χ1n) is 6.44. The van der Waals surface area contributed by atoms with Crippen LogP contribution in [-0.2, 0) is 9.53 Å². The summed E-state index contributed by atoms with van der Waals surface area (Å²) in [6.07, 6.45) is 4.22. The largest absolute Gasteiger partial charge is 0.464 e. The van der Waals surface area contributed by atoms with Crippen LogP contribution in [0.5, 0.6) is 0 Å². The lowest BCUT2D eigenvalue weighted by Gasteiger charge is -2.35. The van der Waals surface area contributed by atoms with Crippen LogP contribution in [0.2, 0.25) is 0 Å². The number of ether oxygens (including phenoxy) is 1. The van der Waals surface area contributed by atoms with Crippen molar-refractivity contribution in [1.29, 1.82) is 0 Å². The number of esters is 1. The second kappa shape index (κ2) is 7.46. The summed E-state index contributed by atoms with van der Waals surface area (Å²) in [4.78, 5) is 23.7. The molecule has 0 atom stereocenters. The second-order valence-electron chi connectivity index (χ2n) is 4.43. The summed E-state index contributed by atoms with van der Waals surface area (Å²) in [6.45, 7) is 2.47. The highest BCUT2D eigenvalue weighted by molar-refractivity contribution is 6.18. The number of rotatable bonds is 5. The van der Waals surface area contributed by atoms with Crippen molar-refractivity contribution in [3.05, 3.63) is 0 Å². The third-order valence-electron chi connectivity index (χ3n) is 3.11. The first-order chi connectivity index (χ1) is 8.64. The minimum absolute atomic E-state index is 0.325. The SMILES string of the molecule is CCOC(=O)C1(NC(=O)NCCCl)CCCCC1. The lowest BCUT2D eigenvalue weighted by molar-refractivity contribution is -0.152. The minimum atomic E-state index is -0.856. The van der Waals surface area contributed by atoms with Gasteiger partial charge in [-0.25, -0.2) is 9.59 Å². The van der Waals surface area contributed by atoms with Crippen LogP contribution in [-0.4, -0.2) is 36.6 Å². The lowest BCUT2D eigenvalue weighted by atomic mass is 9.81. The second-order valence-corrected chi connectivity index (χ2v) is 4.81. The molecule has 5 nitrogen and oxygen atoms in total. The molecule has 0 bridgehead atoms. The van der Waals surface area contributed by atoms with Gasteiger partial charge in [0.15, 0.2) is 0 Å². The predicted octanol–water partition coefficient (Wildman–Crippen LogP) is 1.79. The number of alkyl halides is 1. The summed E-state index contributed by atoms with van der Waals surface area (Å²) in [5, 5.41) is 5.38. The van der Waals surface area contributed by atoms with E-state index < -0.39 is 5.54 Å². The quantitative estimate of drug-likeness (QED) is 0.594. The van der Waals surface area contributed by atoms with Gasteiger partial charge in [-0.3, -0.25) is 0 Å². The van der Waals surface area contributed by atoms with E-state index in [4.69, 9.17) is 16.3 Å². The van der Waals surface area contributed by atoms with Crippen LogP contribution in [0, 0.1) is 0 Å². The molecule has 0 unspecified atom stereocenters. The zero-order valence-corrected chi connectivity index (χ0v) is 11.5. The Morgan fingerprint density at radius 1 is 1.28 bits per heavy atom. The monoisotopic (exact) mass is 276 g/mol. The number of hydrogen-bond donors (Lipinski definition) is 2. The van der Waals surface area contributed by atoms with Crippen LogP contribution in [0.25, 0.3) is 0 Å². The van der Waals surface area contributed by atoms with E-state index >= 15 is 0 Å². The van der Waals surface area contributed by atoms with Crippen molar-refractivity contribution in [1.82, 2.24) is 10.6 Å². The van der Waals surface area contributed by atoms with Gasteiger partial charge in [0.1, 0.15) is 5.54 Å². The number of amides is 2. The molecule has 104 valence electrons. The standard InChI is InChI=1S/C12H21ClN2O3/c1-2-18-10(16)12(6-4-3-5-7-12)15-11(17)14-9-8-13/h2-9H2,1H3,(H2,14,15,17). The molecular formula is C12H21ClN2O3. The molecule has 2 N–H and O–H groups in total. The topological polar surface area (TPSA) is 67.4 Å². The van der Waals surface area contributed by atoms with Crippen LogP contribution in [0.15, 0.2) is 0 Å². The third kappa shape index (κ3) is 4.05. The van der Waals surface area contributed by atoms with Gasteiger partial charge in [-0.05, 0) is 19.8 Å². The molecule has 0 heterocycles. The fourth-order valence-electron chi connectivity index (χ4n) is 2.23. The van der Waals surface area contributed by atoms with E-state index in [1.165, 1.54) is 0 Å². The molecule has 0 aromatic rings. The van der Waals surface area contributed by atoms with Gasteiger partial charge in [-0.1, -0.05) is 19.3 Å². The summed E-state index contributed by atoms with van der Waals surface area (Å²) >= 11 is 5.50. The normalized spacial score (nSPS) is 17.9. The van der Waals surface area contributed by atoms with Gasteiger partial charge in [-0.2, -0.15) is 0 Å². The maximum absolute atomic E-state index is 12.0. The minimum Gasteiger partial charge on any atom is -0.464 e. The van der Waals surface area contributed by atoms with Gasteiger partial charge in [-0.15, -0.1) is 11.6 Å². The molecule has 1 aliphatic rings. The Bertz CT molecular complexity index is 291. The van der Waals surface area contributed by atoms with E-state index in [0.717, 1.165) is 19.3 Å². The summed E-state index contributed by atoms with van der Waals surface area (Å²) in [5.41, 5.74) is -0.856. The average molecular weight is 277 g/mol. The zero-order chi connectivity index (χ0) is 13.4. The molecule has 0 aromatic carbocycles. The highest BCUT2D eigenvalue weighted by Gasteiger charge is 2.42. The van der Waals surface area contributed by atoms with Gasteiger partial charge in [0.05, 0.1) is 6.61 Å². The van der Waals surface area contributed by atoms with Gasteiger partial charge in [0.25, 0.3) is 0 Å². The Labute approximate surface area is 113 Å². The molecule has 0 spiro atoms. The Morgan fingerprint density at radius 3 is 2.50 bits per heavy atom. The Morgan fingerprint density at radius 2 is 1.94 bits per heavy atom. The molecule has 1 saturated carbocycles. The predicted molar refractivity (Wildman–Crippen MR) is 69.7 cm³/mol. The number of urea groups is 1. The van der Waals surface area contributed by atoms with E-state index in [-0.39, 0.29) is 12.0 Å². The van der Waals surface area contributed by atoms with E-state index in [9.17, 15) is 9.59 Å². The van der Waals surface area contributed by atoms with Gasteiger partial charge >= 0.3 is 12.0 Å². The molecule has 6 heteroatoms. The summed E-state index contributed by atoms with van der Waals surface area (Å²) in [7, 11) is 0. The molecule has 18 heavy (non-hydrogen) atoms. The van der Waals surface area contributed by atoms with Crippen molar-refractivity contribution in [2.45, 2.75) is 44.6 Å². The number of nitrogens with one attached hydrogen (secondary N) is 2. The van der Waals surface area contributed by atoms with Crippen molar-refractivity contribution in [2.24, 2.45) is 0 Å². The number of hydrogen-bond acceptors (Lipinski definition) is 3. The number of halogens is 1. The van der Waals surface area contributed by atoms with Gasteiger partial charge in [0, 0.05) is 12.4 Å². The summed E-state index contributed by atoms with van der Waals surface area (Å²) in [5.74, 6) is 0.0190. The number of carbonyl (C=O) groups is 2. The molecule has 0 aliphatic heterocycles. The smallest absolute Gasteiger partial charge is 0.331 e. The average Bonchev–Trinajstić information content (AvgIpc) is 2.37.